The Hall–Kier alpha value is -0.480. The molecular weight excluding hydrogens is 160 g/mol. The van der Waals surface area contributed by atoms with Gasteiger partial charge in [0.05, 0.1) is 6.61 Å². The minimum absolute atomic E-state index is 0.0792. The first kappa shape index (κ1) is 8.62. The number of rotatable bonds is 2. The number of aliphatic hydroxyl groups is 1. The fourth-order valence-corrected chi connectivity index (χ4v) is 1.63. The third kappa shape index (κ3) is 1.41. The second-order valence-electron chi connectivity index (χ2n) is 2.35. The van der Waals surface area contributed by atoms with Crippen LogP contribution in [0.3, 0.4) is 0 Å². The minimum Gasteiger partial charge on any atom is -0.392 e. The highest BCUT2D eigenvalue weighted by atomic mass is 32.2. The van der Waals surface area contributed by atoms with Crippen LogP contribution in [0.25, 0.3) is 0 Å². The van der Waals surface area contributed by atoms with Crippen LogP contribution in [0, 0.1) is 6.92 Å². The topological polar surface area (TPSA) is 38.0 Å². The summed E-state index contributed by atoms with van der Waals surface area (Å²) in [6.07, 6.45) is 1.96. The third-order valence-electron chi connectivity index (χ3n) is 1.77. The van der Waals surface area contributed by atoms with Crippen LogP contribution >= 0.6 is 11.8 Å². The van der Waals surface area contributed by atoms with Crippen LogP contribution < -0.4 is 0 Å². The maximum Gasteiger partial charge on any atom is 0.124 e. The highest BCUT2D eigenvalue weighted by Gasteiger charge is 2.09. The third-order valence-corrected chi connectivity index (χ3v) is 2.49. The minimum atomic E-state index is 0.0792. The lowest BCUT2D eigenvalue weighted by atomic mass is 10.3. The van der Waals surface area contributed by atoms with Crippen molar-refractivity contribution in [1.82, 2.24) is 9.78 Å². The lowest BCUT2D eigenvalue weighted by molar-refractivity contribution is 0.278. The van der Waals surface area contributed by atoms with Crippen LogP contribution in [0.5, 0.6) is 0 Å². The number of hydrogen-bond donors (Lipinski definition) is 1. The second-order valence-corrected chi connectivity index (χ2v) is 3.15. The van der Waals surface area contributed by atoms with Gasteiger partial charge in [-0.05, 0) is 13.2 Å². The smallest absolute Gasteiger partial charge is 0.124 e. The Kier molecular flexibility index (Phi) is 2.57. The van der Waals surface area contributed by atoms with Crippen molar-refractivity contribution in [3.63, 3.8) is 0 Å². The second kappa shape index (κ2) is 3.28. The normalized spacial score (nSPS) is 10.5. The molecule has 1 aromatic heterocycles. The van der Waals surface area contributed by atoms with Crippen molar-refractivity contribution in [1.29, 1.82) is 0 Å². The Balaban J connectivity index is 3.15. The van der Waals surface area contributed by atoms with Crippen LogP contribution in [0.4, 0.5) is 0 Å². The van der Waals surface area contributed by atoms with E-state index in [1.165, 1.54) is 0 Å². The summed E-state index contributed by atoms with van der Waals surface area (Å²) in [5.74, 6) is 0. The summed E-state index contributed by atoms with van der Waals surface area (Å²) >= 11 is 1.56. The highest BCUT2D eigenvalue weighted by molar-refractivity contribution is 7.98. The van der Waals surface area contributed by atoms with E-state index in [9.17, 15) is 0 Å². The van der Waals surface area contributed by atoms with Gasteiger partial charge in [0, 0.05) is 18.3 Å². The lowest BCUT2D eigenvalue weighted by Crippen LogP contribution is -1.93. The van der Waals surface area contributed by atoms with E-state index < -0.39 is 0 Å². The predicted molar refractivity (Wildman–Crippen MR) is 45.6 cm³/mol. The standard InChI is InChI=1S/C7H12N2OS/c1-5-6(4-10)7(11-3)8-9(5)2/h10H,4H2,1-3H3. The molecule has 4 heteroatoms. The number of thioether (sulfide) groups is 1. The molecule has 11 heavy (non-hydrogen) atoms. The van der Waals surface area contributed by atoms with Gasteiger partial charge in [0.2, 0.25) is 0 Å². The van der Waals surface area contributed by atoms with Crippen LogP contribution in [0.1, 0.15) is 11.3 Å². The SMILES string of the molecule is CSc1nn(C)c(C)c1CO. The van der Waals surface area contributed by atoms with Crippen molar-refractivity contribution in [2.75, 3.05) is 6.26 Å². The molecule has 0 spiro atoms. The molecule has 0 aliphatic rings. The number of hydrogen-bond acceptors (Lipinski definition) is 3. The first-order chi connectivity index (χ1) is 5.20. The molecule has 0 saturated heterocycles. The maximum atomic E-state index is 8.98. The Labute approximate surface area is 70.4 Å². The Morgan fingerprint density at radius 3 is 2.64 bits per heavy atom. The molecule has 0 atom stereocenters. The quantitative estimate of drug-likeness (QED) is 0.675. The molecule has 1 N–H and O–H groups in total. The van der Waals surface area contributed by atoms with E-state index in [1.807, 2.05) is 20.2 Å². The maximum absolute atomic E-state index is 8.98. The summed E-state index contributed by atoms with van der Waals surface area (Å²) in [5.41, 5.74) is 1.98. The molecule has 0 aromatic carbocycles. The van der Waals surface area contributed by atoms with E-state index in [1.54, 1.807) is 16.4 Å². The van der Waals surface area contributed by atoms with Gasteiger partial charge in [-0.1, -0.05) is 0 Å². The first-order valence-electron chi connectivity index (χ1n) is 3.38. The summed E-state index contributed by atoms with van der Waals surface area (Å²) in [7, 11) is 1.88. The lowest BCUT2D eigenvalue weighted by Gasteiger charge is -1.94. The van der Waals surface area contributed by atoms with Crippen molar-refractivity contribution in [2.24, 2.45) is 7.05 Å². The average molecular weight is 172 g/mol. The van der Waals surface area contributed by atoms with Gasteiger partial charge in [-0.15, -0.1) is 11.8 Å². The first-order valence-corrected chi connectivity index (χ1v) is 4.60. The monoisotopic (exact) mass is 172 g/mol. The van der Waals surface area contributed by atoms with E-state index in [0.717, 1.165) is 16.3 Å². The summed E-state index contributed by atoms with van der Waals surface area (Å²) < 4.78 is 1.79. The van der Waals surface area contributed by atoms with Gasteiger partial charge in [-0.25, -0.2) is 0 Å². The van der Waals surface area contributed by atoms with Gasteiger partial charge < -0.3 is 5.11 Å². The predicted octanol–water partition coefficient (Wildman–Crippen LogP) is 0.943. The van der Waals surface area contributed by atoms with E-state index in [0.29, 0.717) is 0 Å². The van der Waals surface area contributed by atoms with Crippen molar-refractivity contribution in [3.05, 3.63) is 11.3 Å². The van der Waals surface area contributed by atoms with E-state index in [4.69, 9.17) is 5.11 Å². The summed E-state index contributed by atoms with van der Waals surface area (Å²) in [4.78, 5) is 0. The van der Waals surface area contributed by atoms with Crippen molar-refractivity contribution in [2.45, 2.75) is 18.6 Å². The summed E-state index contributed by atoms with van der Waals surface area (Å²) in [6, 6.07) is 0. The van der Waals surface area contributed by atoms with Gasteiger partial charge in [-0.3, -0.25) is 4.68 Å². The van der Waals surface area contributed by atoms with Crippen molar-refractivity contribution >= 4 is 11.8 Å². The molecular formula is C7H12N2OS. The molecule has 62 valence electrons. The van der Waals surface area contributed by atoms with Crippen LogP contribution in [0.2, 0.25) is 0 Å². The van der Waals surface area contributed by atoms with Gasteiger partial charge in [0.15, 0.2) is 0 Å². The molecule has 3 nitrogen and oxygen atoms in total. The zero-order chi connectivity index (χ0) is 8.43. The molecule has 0 amide bonds. The fourth-order valence-electron chi connectivity index (χ4n) is 0.968. The largest absolute Gasteiger partial charge is 0.392 e. The zero-order valence-electron chi connectivity index (χ0n) is 6.96. The van der Waals surface area contributed by atoms with Crippen molar-refractivity contribution in [3.8, 4) is 0 Å². The molecule has 0 unspecified atom stereocenters. The average Bonchev–Trinajstić information content (AvgIpc) is 2.28. The van der Waals surface area contributed by atoms with Crippen LogP contribution in [-0.2, 0) is 13.7 Å². The molecule has 0 saturated carbocycles. The number of aryl methyl sites for hydroxylation is 1. The van der Waals surface area contributed by atoms with E-state index >= 15 is 0 Å². The molecule has 0 bridgehead atoms. The molecule has 1 heterocycles. The Morgan fingerprint density at radius 1 is 1.64 bits per heavy atom. The fraction of sp³-hybridized carbons (Fsp3) is 0.571. The Bertz CT molecular complexity index is 257. The summed E-state index contributed by atoms with van der Waals surface area (Å²) in [5, 5.41) is 14.1. The van der Waals surface area contributed by atoms with Crippen LogP contribution in [-0.4, -0.2) is 21.1 Å². The van der Waals surface area contributed by atoms with Gasteiger partial charge in [0.1, 0.15) is 5.03 Å². The number of nitrogens with zero attached hydrogens (tertiary/aromatic N) is 2. The number of aromatic nitrogens is 2. The van der Waals surface area contributed by atoms with E-state index in [-0.39, 0.29) is 6.61 Å². The molecule has 0 aliphatic carbocycles. The Morgan fingerprint density at radius 2 is 2.27 bits per heavy atom. The van der Waals surface area contributed by atoms with Gasteiger partial charge in [-0.2, -0.15) is 5.10 Å². The number of aliphatic hydroxyl groups excluding tert-OH is 1. The molecule has 0 aliphatic heterocycles. The zero-order valence-corrected chi connectivity index (χ0v) is 7.77. The van der Waals surface area contributed by atoms with E-state index in [2.05, 4.69) is 5.10 Å². The van der Waals surface area contributed by atoms with Crippen molar-refractivity contribution < 1.29 is 5.11 Å². The molecule has 0 radical (unpaired) electrons. The summed E-state index contributed by atoms with van der Waals surface area (Å²) in [6.45, 7) is 2.04. The van der Waals surface area contributed by atoms with Crippen LogP contribution in [0.15, 0.2) is 5.03 Å². The van der Waals surface area contributed by atoms with Gasteiger partial charge >= 0.3 is 0 Å². The highest BCUT2D eigenvalue weighted by Crippen LogP contribution is 2.21. The van der Waals surface area contributed by atoms with Gasteiger partial charge in [0.25, 0.3) is 0 Å². The molecule has 1 rings (SSSR count). The molecule has 0 fully saturated rings. The molecule has 1 aromatic rings.